The first-order chi connectivity index (χ1) is 12.6. The minimum Gasteiger partial charge on any atom is -0.497 e. The summed E-state index contributed by atoms with van der Waals surface area (Å²) in [5, 5.41) is 9.68. The summed E-state index contributed by atoms with van der Waals surface area (Å²) in [6.45, 7) is 0.275. The van der Waals surface area contributed by atoms with Crippen molar-refractivity contribution in [2.75, 3.05) is 26.6 Å². The van der Waals surface area contributed by atoms with E-state index in [-0.39, 0.29) is 12.5 Å². The highest BCUT2D eigenvalue weighted by atomic mass is 32.1. The molecule has 0 fully saturated rings. The Labute approximate surface area is 154 Å². The van der Waals surface area contributed by atoms with Gasteiger partial charge in [0.1, 0.15) is 17.2 Å². The van der Waals surface area contributed by atoms with Gasteiger partial charge in [-0.15, -0.1) is 11.3 Å². The highest BCUT2D eigenvalue weighted by Crippen LogP contribution is 2.37. The lowest BCUT2D eigenvalue weighted by atomic mass is 10.1. The number of hydrogen-bond acceptors (Lipinski definition) is 8. The van der Waals surface area contributed by atoms with Gasteiger partial charge in [0, 0.05) is 35.8 Å². The summed E-state index contributed by atoms with van der Waals surface area (Å²) < 4.78 is 10.9. The van der Waals surface area contributed by atoms with Crippen molar-refractivity contribution in [3.05, 3.63) is 35.1 Å². The average molecular weight is 373 g/mol. The van der Waals surface area contributed by atoms with Crippen molar-refractivity contribution in [3.8, 4) is 11.5 Å². The maximum absolute atomic E-state index is 11.7. The smallest absolute Gasteiger partial charge is 0.270 e. The molecule has 0 radical (unpaired) electrons. The number of rotatable bonds is 6. The van der Waals surface area contributed by atoms with E-state index in [1.54, 1.807) is 38.9 Å². The van der Waals surface area contributed by atoms with E-state index in [9.17, 15) is 4.79 Å². The molecular formula is C17H19N5O3S. The number of carbonyl (C=O) groups excluding carboxylic acids is 1. The normalized spacial score (nSPS) is 10.6. The SMILES string of the molecule is CNC(=O)c1csc(Nc2cnc(CN)c3c(OC)cc(OC)cc23)n1. The molecule has 0 aliphatic carbocycles. The summed E-state index contributed by atoms with van der Waals surface area (Å²) in [5.74, 6) is 1.04. The number of fused-ring (bicyclic) bond motifs is 1. The van der Waals surface area contributed by atoms with Gasteiger partial charge in [-0.2, -0.15) is 0 Å². The van der Waals surface area contributed by atoms with Crippen LogP contribution in [0.1, 0.15) is 16.2 Å². The molecule has 1 amide bonds. The van der Waals surface area contributed by atoms with Crippen LogP contribution in [0.25, 0.3) is 10.8 Å². The maximum Gasteiger partial charge on any atom is 0.270 e. The summed E-state index contributed by atoms with van der Waals surface area (Å²) in [5.41, 5.74) is 7.63. The van der Waals surface area contributed by atoms with Gasteiger partial charge < -0.3 is 25.8 Å². The molecule has 0 spiro atoms. The first-order valence-electron chi connectivity index (χ1n) is 7.79. The Bertz CT molecular complexity index is 957. The zero-order valence-corrected chi connectivity index (χ0v) is 15.4. The molecule has 0 aliphatic heterocycles. The van der Waals surface area contributed by atoms with Crippen LogP contribution in [0.4, 0.5) is 10.8 Å². The number of nitrogens with one attached hydrogen (secondary N) is 2. The minimum absolute atomic E-state index is 0.237. The Morgan fingerprint density at radius 2 is 2.12 bits per heavy atom. The quantitative estimate of drug-likeness (QED) is 0.608. The topological polar surface area (TPSA) is 111 Å². The number of methoxy groups -OCH3 is 2. The summed E-state index contributed by atoms with van der Waals surface area (Å²) in [7, 11) is 4.75. The summed E-state index contributed by atoms with van der Waals surface area (Å²) in [4.78, 5) is 20.4. The minimum atomic E-state index is -0.237. The molecule has 0 bridgehead atoms. The number of pyridine rings is 1. The van der Waals surface area contributed by atoms with Gasteiger partial charge in [-0.3, -0.25) is 9.78 Å². The standard InChI is InChI=1S/C17H19N5O3S/c1-19-16(23)13-8-26-17(22-13)21-12-7-20-11(6-18)15-10(12)4-9(24-2)5-14(15)25-3/h4-5,7-8H,6,18H2,1-3H3,(H,19,23)(H,21,22). The maximum atomic E-state index is 11.7. The van der Waals surface area contributed by atoms with Crippen molar-refractivity contribution < 1.29 is 14.3 Å². The summed E-state index contributed by atoms with van der Waals surface area (Å²) in [6, 6.07) is 3.67. The first-order valence-corrected chi connectivity index (χ1v) is 8.67. The number of thiazole rings is 1. The predicted molar refractivity (Wildman–Crippen MR) is 102 cm³/mol. The second-order valence-electron chi connectivity index (χ2n) is 5.32. The average Bonchev–Trinajstić information content (AvgIpc) is 3.15. The number of carbonyl (C=O) groups is 1. The van der Waals surface area contributed by atoms with E-state index in [4.69, 9.17) is 15.2 Å². The molecule has 26 heavy (non-hydrogen) atoms. The van der Waals surface area contributed by atoms with Crippen LogP contribution in [0, 0.1) is 0 Å². The molecule has 0 atom stereocenters. The van der Waals surface area contributed by atoms with Crippen molar-refractivity contribution >= 4 is 38.8 Å². The van der Waals surface area contributed by atoms with E-state index in [2.05, 4.69) is 20.6 Å². The molecule has 9 heteroatoms. The number of benzene rings is 1. The highest BCUT2D eigenvalue weighted by Gasteiger charge is 2.16. The summed E-state index contributed by atoms with van der Waals surface area (Å²) >= 11 is 1.33. The Hall–Kier alpha value is -2.91. The van der Waals surface area contributed by atoms with Gasteiger partial charge in [-0.05, 0) is 6.07 Å². The largest absolute Gasteiger partial charge is 0.497 e. The fourth-order valence-electron chi connectivity index (χ4n) is 2.59. The second kappa shape index (κ2) is 7.54. The third kappa shape index (κ3) is 3.26. The molecule has 2 heterocycles. The predicted octanol–water partition coefficient (Wildman–Crippen LogP) is 2.27. The van der Waals surface area contributed by atoms with Gasteiger partial charge in [0.15, 0.2) is 5.13 Å². The lowest BCUT2D eigenvalue weighted by Gasteiger charge is -2.14. The lowest BCUT2D eigenvalue weighted by molar-refractivity contribution is 0.0959. The zero-order chi connectivity index (χ0) is 18.7. The molecule has 1 aromatic carbocycles. The van der Waals surface area contributed by atoms with Gasteiger partial charge in [0.2, 0.25) is 0 Å². The van der Waals surface area contributed by atoms with E-state index >= 15 is 0 Å². The number of nitrogens with zero attached hydrogens (tertiary/aromatic N) is 2. The number of aromatic nitrogens is 2. The highest BCUT2D eigenvalue weighted by molar-refractivity contribution is 7.14. The monoisotopic (exact) mass is 373 g/mol. The van der Waals surface area contributed by atoms with E-state index in [1.807, 2.05) is 6.07 Å². The molecule has 136 valence electrons. The molecule has 4 N–H and O–H groups in total. The third-order valence-electron chi connectivity index (χ3n) is 3.86. The third-order valence-corrected chi connectivity index (χ3v) is 4.62. The number of nitrogens with two attached hydrogens (primary N) is 1. The summed E-state index contributed by atoms with van der Waals surface area (Å²) in [6.07, 6.45) is 1.68. The Morgan fingerprint density at radius 1 is 1.31 bits per heavy atom. The van der Waals surface area contributed by atoms with E-state index < -0.39 is 0 Å². The van der Waals surface area contributed by atoms with Crippen LogP contribution < -0.4 is 25.8 Å². The lowest BCUT2D eigenvalue weighted by Crippen LogP contribution is -2.18. The van der Waals surface area contributed by atoms with Crippen LogP contribution in [0.5, 0.6) is 11.5 Å². The molecule has 3 aromatic rings. The first kappa shape index (κ1) is 17.9. The van der Waals surface area contributed by atoms with Crippen molar-refractivity contribution in [3.63, 3.8) is 0 Å². The van der Waals surface area contributed by atoms with E-state index in [0.717, 1.165) is 16.5 Å². The number of amides is 1. The second-order valence-corrected chi connectivity index (χ2v) is 6.18. The van der Waals surface area contributed by atoms with Gasteiger partial charge in [-0.25, -0.2) is 4.98 Å². The van der Waals surface area contributed by atoms with Crippen LogP contribution in [-0.4, -0.2) is 37.1 Å². The van der Waals surface area contributed by atoms with E-state index in [1.165, 1.54) is 11.3 Å². The van der Waals surface area contributed by atoms with Gasteiger partial charge in [0.25, 0.3) is 5.91 Å². The molecule has 3 rings (SSSR count). The molecular weight excluding hydrogens is 354 g/mol. The van der Waals surface area contributed by atoms with Crippen LogP contribution in [-0.2, 0) is 6.54 Å². The van der Waals surface area contributed by atoms with Crippen LogP contribution in [0.15, 0.2) is 23.7 Å². The van der Waals surface area contributed by atoms with Gasteiger partial charge in [-0.1, -0.05) is 0 Å². The number of ether oxygens (including phenoxy) is 2. The molecule has 0 aliphatic rings. The Morgan fingerprint density at radius 3 is 2.77 bits per heavy atom. The zero-order valence-electron chi connectivity index (χ0n) is 14.6. The van der Waals surface area contributed by atoms with Crippen LogP contribution >= 0.6 is 11.3 Å². The van der Waals surface area contributed by atoms with Gasteiger partial charge >= 0.3 is 0 Å². The molecule has 0 unspecified atom stereocenters. The molecule has 8 nitrogen and oxygen atoms in total. The fourth-order valence-corrected chi connectivity index (χ4v) is 3.29. The van der Waals surface area contributed by atoms with E-state index in [0.29, 0.717) is 28.0 Å². The Balaban J connectivity index is 2.11. The van der Waals surface area contributed by atoms with Crippen molar-refractivity contribution in [1.82, 2.24) is 15.3 Å². The molecule has 2 aromatic heterocycles. The van der Waals surface area contributed by atoms with Gasteiger partial charge in [0.05, 0.1) is 31.8 Å². The van der Waals surface area contributed by atoms with Crippen molar-refractivity contribution in [2.45, 2.75) is 6.54 Å². The number of hydrogen-bond donors (Lipinski definition) is 3. The Kier molecular flexibility index (Phi) is 5.19. The number of anilines is 2. The molecule has 0 saturated carbocycles. The van der Waals surface area contributed by atoms with Crippen molar-refractivity contribution in [1.29, 1.82) is 0 Å². The van der Waals surface area contributed by atoms with Crippen molar-refractivity contribution in [2.24, 2.45) is 5.73 Å². The molecule has 0 saturated heterocycles. The van der Waals surface area contributed by atoms with Crippen LogP contribution in [0.3, 0.4) is 0 Å². The fraction of sp³-hybridized carbons (Fsp3) is 0.235. The van der Waals surface area contributed by atoms with Crippen LogP contribution in [0.2, 0.25) is 0 Å².